The summed E-state index contributed by atoms with van der Waals surface area (Å²) in [6, 6.07) is 17.1. The van der Waals surface area contributed by atoms with Crippen molar-refractivity contribution in [2.24, 2.45) is 0 Å². The number of nitrogens with zero attached hydrogens (tertiary/aromatic N) is 1. The third-order valence-electron chi connectivity index (χ3n) is 3.77. The summed E-state index contributed by atoms with van der Waals surface area (Å²) in [5.41, 5.74) is 2.58. The molecule has 114 valence electrons. The van der Waals surface area contributed by atoms with Gasteiger partial charge in [-0.15, -0.1) is 0 Å². The second-order valence-electron chi connectivity index (χ2n) is 5.19. The summed E-state index contributed by atoms with van der Waals surface area (Å²) in [4.78, 5) is 13.7. The zero-order chi connectivity index (χ0) is 15.7. The Kier molecular flexibility index (Phi) is 3.93. The lowest BCUT2D eigenvalue weighted by atomic mass is 10.0. The van der Waals surface area contributed by atoms with Crippen molar-refractivity contribution in [1.82, 2.24) is 0 Å². The van der Waals surface area contributed by atoms with E-state index in [9.17, 15) is 13.2 Å². The number of halogens is 1. The van der Waals surface area contributed by atoms with Crippen LogP contribution >= 0.6 is 10.7 Å². The van der Waals surface area contributed by atoms with Crippen molar-refractivity contribution in [3.05, 3.63) is 54.6 Å². The Morgan fingerprint density at radius 1 is 1.00 bits per heavy atom. The molecule has 0 bridgehead atoms. The first-order chi connectivity index (χ1) is 10.5. The van der Waals surface area contributed by atoms with E-state index in [-0.39, 0.29) is 18.9 Å². The fourth-order valence-electron chi connectivity index (χ4n) is 2.67. The summed E-state index contributed by atoms with van der Waals surface area (Å²) in [5, 5.41) is -0.856. The maximum absolute atomic E-state index is 12.2. The molecule has 0 aliphatic carbocycles. The lowest BCUT2D eigenvalue weighted by Crippen LogP contribution is -2.27. The van der Waals surface area contributed by atoms with E-state index < -0.39 is 14.3 Å². The second-order valence-corrected chi connectivity index (χ2v) is 8.10. The fraction of sp³-hybridized carbons (Fsp3) is 0.188. The van der Waals surface area contributed by atoms with E-state index in [1.807, 2.05) is 54.6 Å². The third-order valence-corrected chi connectivity index (χ3v) is 5.64. The topological polar surface area (TPSA) is 54.5 Å². The van der Waals surface area contributed by atoms with Gasteiger partial charge in [0.2, 0.25) is 15.0 Å². The lowest BCUT2D eigenvalue weighted by Gasteiger charge is -2.20. The molecule has 1 unspecified atom stereocenters. The minimum Gasteiger partial charge on any atom is -0.310 e. The molecule has 22 heavy (non-hydrogen) atoms. The maximum Gasteiger partial charge on any atom is 0.237 e. The highest BCUT2D eigenvalue weighted by molar-refractivity contribution is 8.14. The number of hydrogen-bond donors (Lipinski definition) is 0. The van der Waals surface area contributed by atoms with Gasteiger partial charge in [-0.25, -0.2) is 8.42 Å². The van der Waals surface area contributed by atoms with Crippen LogP contribution in [-0.2, 0) is 13.8 Å². The molecule has 1 aliphatic rings. The molecular formula is C16H14ClNO3S. The molecule has 1 aliphatic heterocycles. The van der Waals surface area contributed by atoms with Crippen LogP contribution in [0.2, 0.25) is 0 Å². The van der Waals surface area contributed by atoms with Crippen LogP contribution in [0.15, 0.2) is 54.6 Å². The standard InChI is InChI=1S/C16H14ClNO3S/c17-22(20,21)13-10-16(19)18(11-13)15-9-5-4-8-14(15)12-6-2-1-3-7-12/h1-9,13H,10-11H2. The Balaban J connectivity index is 2.02. The van der Waals surface area contributed by atoms with E-state index in [0.29, 0.717) is 5.69 Å². The van der Waals surface area contributed by atoms with Gasteiger partial charge in [-0.3, -0.25) is 4.79 Å². The Morgan fingerprint density at radius 3 is 2.27 bits per heavy atom. The van der Waals surface area contributed by atoms with E-state index >= 15 is 0 Å². The van der Waals surface area contributed by atoms with Crippen LogP contribution in [0.3, 0.4) is 0 Å². The molecule has 1 heterocycles. The molecule has 2 aromatic carbocycles. The van der Waals surface area contributed by atoms with Crippen LogP contribution in [0.5, 0.6) is 0 Å². The van der Waals surface area contributed by atoms with Gasteiger partial charge < -0.3 is 4.90 Å². The van der Waals surface area contributed by atoms with Crippen LogP contribution in [-0.4, -0.2) is 26.1 Å². The number of para-hydroxylation sites is 1. The van der Waals surface area contributed by atoms with Crippen molar-refractivity contribution in [1.29, 1.82) is 0 Å². The van der Waals surface area contributed by atoms with Gasteiger partial charge in [-0.05, 0) is 11.6 Å². The van der Waals surface area contributed by atoms with Crippen LogP contribution in [0.1, 0.15) is 6.42 Å². The summed E-state index contributed by atoms with van der Waals surface area (Å²) < 4.78 is 23.0. The van der Waals surface area contributed by atoms with Crippen molar-refractivity contribution in [2.75, 3.05) is 11.4 Å². The van der Waals surface area contributed by atoms with Gasteiger partial charge in [0.1, 0.15) is 5.25 Å². The number of carbonyl (C=O) groups excluding carboxylic acids is 1. The van der Waals surface area contributed by atoms with E-state index in [4.69, 9.17) is 10.7 Å². The fourth-order valence-corrected chi connectivity index (χ4v) is 3.69. The molecule has 4 nitrogen and oxygen atoms in total. The number of benzene rings is 2. The molecule has 0 N–H and O–H groups in total. The summed E-state index contributed by atoms with van der Waals surface area (Å²) in [6.07, 6.45) is -0.0744. The summed E-state index contributed by atoms with van der Waals surface area (Å²) >= 11 is 0. The van der Waals surface area contributed by atoms with Gasteiger partial charge in [-0.1, -0.05) is 48.5 Å². The van der Waals surface area contributed by atoms with Gasteiger partial charge in [0.25, 0.3) is 0 Å². The van der Waals surface area contributed by atoms with Gasteiger partial charge in [-0.2, -0.15) is 0 Å². The van der Waals surface area contributed by atoms with Crippen LogP contribution in [0, 0.1) is 0 Å². The second kappa shape index (κ2) is 5.74. The van der Waals surface area contributed by atoms with Crippen LogP contribution in [0.4, 0.5) is 5.69 Å². The average Bonchev–Trinajstić information content (AvgIpc) is 2.90. The number of anilines is 1. The normalized spacial score (nSPS) is 18.7. The minimum absolute atomic E-state index is 0.0744. The van der Waals surface area contributed by atoms with Crippen molar-refractivity contribution in [3.8, 4) is 11.1 Å². The molecular weight excluding hydrogens is 322 g/mol. The first-order valence-corrected chi connectivity index (χ1v) is 9.22. The van der Waals surface area contributed by atoms with E-state index in [1.54, 1.807) is 0 Å². The minimum atomic E-state index is -3.74. The largest absolute Gasteiger partial charge is 0.310 e. The lowest BCUT2D eigenvalue weighted by molar-refractivity contribution is -0.117. The monoisotopic (exact) mass is 335 g/mol. The number of hydrogen-bond acceptors (Lipinski definition) is 3. The predicted octanol–water partition coefficient (Wildman–Crippen LogP) is 3.03. The zero-order valence-electron chi connectivity index (χ0n) is 11.6. The van der Waals surface area contributed by atoms with E-state index in [1.165, 1.54) is 4.90 Å². The van der Waals surface area contributed by atoms with Crippen LogP contribution in [0.25, 0.3) is 11.1 Å². The average molecular weight is 336 g/mol. The molecule has 0 saturated carbocycles. The summed E-state index contributed by atoms with van der Waals surface area (Å²) in [5.74, 6) is -0.224. The molecule has 1 fully saturated rings. The molecule has 1 saturated heterocycles. The van der Waals surface area contributed by atoms with Crippen molar-refractivity contribution < 1.29 is 13.2 Å². The highest BCUT2D eigenvalue weighted by atomic mass is 35.7. The van der Waals surface area contributed by atoms with Gasteiger partial charge in [0.15, 0.2) is 0 Å². The highest BCUT2D eigenvalue weighted by Gasteiger charge is 2.38. The Labute approximate surface area is 133 Å². The van der Waals surface area contributed by atoms with Gasteiger partial charge in [0, 0.05) is 29.2 Å². The smallest absolute Gasteiger partial charge is 0.237 e. The van der Waals surface area contributed by atoms with Crippen LogP contribution < -0.4 is 4.90 Å². The molecule has 2 aromatic rings. The molecule has 0 spiro atoms. The first kappa shape index (κ1) is 15.1. The molecule has 1 atom stereocenters. The Hall–Kier alpha value is -1.85. The first-order valence-electron chi connectivity index (χ1n) is 6.85. The highest BCUT2D eigenvalue weighted by Crippen LogP contribution is 2.34. The maximum atomic E-state index is 12.2. The number of amides is 1. The zero-order valence-corrected chi connectivity index (χ0v) is 13.2. The number of carbonyl (C=O) groups is 1. The van der Waals surface area contributed by atoms with Crippen molar-refractivity contribution in [3.63, 3.8) is 0 Å². The van der Waals surface area contributed by atoms with Gasteiger partial charge in [0.05, 0.1) is 5.69 Å². The molecule has 3 rings (SSSR count). The van der Waals surface area contributed by atoms with Crippen molar-refractivity contribution >= 4 is 31.3 Å². The van der Waals surface area contributed by atoms with E-state index in [2.05, 4.69) is 0 Å². The third kappa shape index (κ3) is 2.87. The Morgan fingerprint density at radius 2 is 1.64 bits per heavy atom. The van der Waals surface area contributed by atoms with E-state index in [0.717, 1.165) is 11.1 Å². The van der Waals surface area contributed by atoms with Crippen molar-refractivity contribution in [2.45, 2.75) is 11.7 Å². The Bertz CT molecular complexity index is 805. The molecule has 1 amide bonds. The summed E-state index contributed by atoms with van der Waals surface area (Å²) in [6.45, 7) is 0.0918. The molecule has 0 radical (unpaired) electrons. The number of rotatable bonds is 3. The molecule has 6 heteroatoms. The molecule has 0 aromatic heterocycles. The summed E-state index contributed by atoms with van der Waals surface area (Å²) in [7, 11) is 1.66. The predicted molar refractivity (Wildman–Crippen MR) is 87.4 cm³/mol. The quantitative estimate of drug-likeness (QED) is 0.810. The SMILES string of the molecule is O=C1CC(S(=O)(=O)Cl)CN1c1ccccc1-c1ccccc1. The van der Waals surface area contributed by atoms with Gasteiger partial charge >= 0.3 is 0 Å².